The molecule has 0 radical (unpaired) electrons. The van der Waals surface area contributed by atoms with Crippen molar-refractivity contribution in [3.05, 3.63) is 0 Å². The van der Waals surface area contributed by atoms with E-state index < -0.39 is 0 Å². The van der Waals surface area contributed by atoms with E-state index in [2.05, 4.69) is 15.4 Å². The van der Waals surface area contributed by atoms with Crippen LogP contribution in [0.15, 0.2) is 5.16 Å². The third kappa shape index (κ3) is 2.27. The average Bonchev–Trinajstić information content (AvgIpc) is 2.82. The fourth-order valence-electron chi connectivity index (χ4n) is 2.71. The van der Waals surface area contributed by atoms with Crippen LogP contribution in [0.2, 0.25) is 0 Å². The molecule has 0 bridgehead atoms. The molecule has 16 heavy (non-hydrogen) atoms. The maximum Gasteiger partial charge on any atom is 0.227 e. The van der Waals surface area contributed by atoms with Gasteiger partial charge in [0, 0.05) is 18.6 Å². The summed E-state index contributed by atoms with van der Waals surface area (Å²) in [5.41, 5.74) is 5.28. The van der Waals surface area contributed by atoms with Gasteiger partial charge < -0.3 is 16.3 Å². The molecule has 2 unspecified atom stereocenters. The van der Waals surface area contributed by atoms with Gasteiger partial charge in [-0.15, -0.1) is 0 Å². The highest BCUT2D eigenvalue weighted by atomic mass is 16.4. The molecule has 0 spiro atoms. The Labute approximate surface area is 94.5 Å². The Balaban J connectivity index is 1.83. The molecule has 2 saturated heterocycles. The summed E-state index contributed by atoms with van der Waals surface area (Å²) in [7, 11) is 0. The molecular formula is C10H18N4O2. The lowest BCUT2D eigenvalue weighted by molar-refractivity contribution is -0.120. The van der Waals surface area contributed by atoms with Crippen molar-refractivity contribution in [2.75, 3.05) is 13.1 Å². The van der Waals surface area contributed by atoms with Crippen LogP contribution in [0.1, 0.15) is 25.7 Å². The van der Waals surface area contributed by atoms with Gasteiger partial charge in [-0.3, -0.25) is 9.69 Å². The molecule has 0 aliphatic carbocycles. The van der Waals surface area contributed by atoms with Gasteiger partial charge >= 0.3 is 0 Å². The van der Waals surface area contributed by atoms with E-state index in [1.165, 1.54) is 6.42 Å². The number of hydrogen-bond donors (Lipinski definition) is 3. The van der Waals surface area contributed by atoms with Gasteiger partial charge in [-0.25, -0.2) is 0 Å². The monoisotopic (exact) mass is 226 g/mol. The van der Waals surface area contributed by atoms with E-state index in [0.717, 1.165) is 25.9 Å². The van der Waals surface area contributed by atoms with E-state index in [9.17, 15) is 4.79 Å². The Morgan fingerprint density at radius 2 is 2.31 bits per heavy atom. The highest BCUT2D eigenvalue weighted by molar-refractivity contribution is 5.98. The van der Waals surface area contributed by atoms with Crippen LogP contribution in [0.3, 0.4) is 0 Å². The first-order valence-corrected chi connectivity index (χ1v) is 5.70. The number of oxime groups is 1. The molecule has 2 aliphatic heterocycles. The topological polar surface area (TPSA) is 91.0 Å². The lowest BCUT2D eigenvalue weighted by atomic mass is 10.1. The second kappa shape index (κ2) is 4.69. The maximum atomic E-state index is 11.6. The van der Waals surface area contributed by atoms with Crippen LogP contribution in [-0.4, -0.2) is 47.0 Å². The Bertz CT molecular complexity index is 305. The quantitative estimate of drug-likeness (QED) is 0.261. The first-order valence-electron chi connectivity index (χ1n) is 5.70. The number of carbonyl (C=O) groups is 1. The predicted molar refractivity (Wildman–Crippen MR) is 59.2 cm³/mol. The van der Waals surface area contributed by atoms with Crippen molar-refractivity contribution in [1.82, 2.24) is 10.2 Å². The second-order valence-corrected chi connectivity index (χ2v) is 4.48. The van der Waals surface area contributed by atoms with Crippen LogP contribution in [-0.2, 0) is 4.79 Å². The first kappa shape index (κ1) is 11.2. The van der Waals surface area contributed by atoms with E-state index in [1.54, 1.807) is 0 Å². The van der Waals surface area contributed by atoms with Gasteiger partial charge in [0.05, 0.1) is 6.42 Å². The smallest absolute Gasteiger partial charge is 0.227 e. The van der Waals surface area contributed by atoms with Crippen molar-refractivity contribution in [3.63, 3.8) is 0 Å². The number of carbonyl (C=O) groups excluding carboxylic acids is 1. The van der Waals surface area contributed by atoms with Gasteiger partial charge in [0.15, 0.2) is 0 Å². The molecule has 90 valence electrons. The summed E-state index contributed by atoms with van der Waals surface area (Å²) in [6.45, 7) is 2.22. The van der Waals surface area contributed by atoms with E-state index in [0.29, 0.717) is 6.04 Å². The van der Waals surface area contributed by atoms with E-state index in [-0.39, 0.29) is 24.2 Å². The maximum absolute atomic E-state index is 11.6. The third-order valence-corrected chi connectivity index (χ3v) is 3.42. The number of nitrogens with zero attached hydrogens (tertiary/aromatic N) is 2. The molecule has 4 N–H and O–H groups in total. The minimum absolute atomic E-state index is 0.0281. The minimum Gasteiger partial charge on any atom is -0.409 e. The highest BCUT2D eigenvalue weighted by Crippen LogP contribution is 2.27. The van der Waals surface area contributed by atoms with Crippen molar-refractivity contribution in [2.45, 2.75) is 37.8 Å². The van der Waals surface area contributed by atoms with Crippen molar-refractivity contribution in [2.24, 2.45) is 10.9 Å². The summed E-state index contributed by atoms with van der Waals surface area (Å²) in [5.74, 6) is -0.201. The van der Waals surface area contributed by atoms with Crippen LogP contribution in [0.5, 0.6) is 0 Å². The number of fused-ring (bicyclic) bond motifs is 1. The minimum atomic E-state index is -0.158. The summed E-state index contributed by atoms with van der Waals surface area (Å²) >= 11 is 0. The number of hydrogen-bond acceptors (Lipinski definition) is 4. The normalized spacial score (nSPS) is 30.4. The summed E-state index contributed by atoms with van der Waals surface area (Å²) in [5, 5.41) is 14.1. The van der Waals surface area contributed by atoms with Gasteiger partial charge in [0.1, 0.15) is 5.84 Å². The molecule has 0 aromatic heterocycles. The second-order valence-electron chi connectivity index (χ2n) is 4.48. The number of nitrogens with one attached hydrogen (secondary N) is 1. The first-order chi connectivity index (χ1) is 7.70. The van der Waals surface area contributed by atoms with Crippen molar-refractivity contribution < 1.29 is 10.0 Å². The third-order valence-electron chi connectivity index (χ3n) is 3.42. The standard InChI is InChI=1S/C10H18N4O2/c11-9(13-16)6-10(15)12-7-3-5-14-4-1-2-8(7)14/h7-8,16H,1-6H2,(H2,11,13)(H,12,15). The largest absolute Gasteiger partial charge is 0.409 e. The average molecular weight is 226 g/mol. The Hall–Kier alpha value is -1.30. The zero-order valence-electron chi connectivity index (χ0n) is 9.22. The molecule has 2 atom stereocenters. The summed E-state index contributed by atoms with van der Waals surface area (Å²) in [6.07, 6.45) is 3.36. The molecule has 2 rings (SSSR count). The van der Waals surface area contributed by atoms with E-state index in [4.69, 9.17) is 10.9 Å². The van der Waals surface area contributed by atoms with Gasteiger partial charge in [0.25, 0.3) is 0 Å². The van der Waals surface area contributed by atoms with Gasteiger partial charge in [-0.1, -0.05) is 5.16 Å². The van der Waals surface area contributed by atoms with Gasteiger partial charge in [0.2, 0.25) is 5.91 Å². The lowest BCUT2D eigenvalue weighted by Gasteiger charge is -2.21. The molecule has 2 heterocycles. The molecule has 6 nitrogen and oxygen atoms in total. The van der Waals surface area contributed by atoms with Gasteiger partial charge in [-0.05, 0) is 25.8 Å². The highest BCUT2D eigenvalue weighted by Gasteiger charge is 2.37. The van der Waals surface area contributed by atoms with Crippen molar-refractivity contribution in [1.29, 1.82) is 0 Å². The zero-order valence-corrected chi connectivity index (χ0v) is 9.22. The van der Waals surface area contributed by atoms with Gasteiger partial charge in [-0.2, -0.15) is 0 Å². The predicted octanol–water partition coefficient (Wildman–Crippen LogP) is -0.524. The number of amidine groups is 1. The van der Waals surface area contributed by atoms with Crippen LogP contribution < -0.4 is 11.1 Å². The lowest BCUT2D eigenvalue weighted by Crippen LogP contribution is -2.43. The summed E-state index contributed by atoms with van der Waals surface area (Å²) in [4.78, 5) is 14.0. The van der Waals surface area contributed by atoms with E-state index >= 15 is 0 Å². The summed E-state index contributed by atoms with van der Waals surface area (Å²) in [6, 6.07) is 0.734. The number of nitrogens with two attached hydrogens (primary N) is 1. The van der Waals surface area contributed by atoms with Crippen molar-refractivity contribution >= 4 is 11.7 Å². The number of amides is 1. The van der Waals surface area contributed by atoms with Crippen molar-refractivity contribution in [3.8, 4) is 0 Å². The van der Waals surface area contributed by atoms with Crippen LogP contribution in [0.4, 0.5) is 0 Å². The van der Waals surface area contributed by atoms with Crippen LogP contribution in [0.25, 0.3) is 0 Å². The Morgan fingerprint density at radius 1 is 1.50 bits per heavy atom. The molecule has 1 amide bonds. The van der Waals surface area contributed by atoms with E-state index in [1.807, 2.05) is 0 Å². The Morgan fingerprint density at radius 3 is 3.06 bits per heavy atom. The molecule has 0 saturated carbocycles. The molecule has 0 aromatic rings. The summed E-state index contributed by atoms with van der Waals surface area (Å²) < 4.78 is 0. The molecule has 2 aliphatic rings. The molecule has 0 aromatic carbocycles. The Kier molecular flexibility index (Phi) is 3.28. The fraction of sp³-hybridized carbons (Fsp3) is 0.800. The number of rotatable bonds is 3. The molecule has 2 fully saturated rings. The molecular weight excluding hydrogens is 208 g/mol. The SMILES string of the molecule is NC(CC(=O)NC1CCN2CCCC12)=NO. The van der Waals surface area contributed by atoms with Crippen LogP contribution in [0, 0.1) is 0 Å². The fourth-order valence-corrected chi connectivity index (χ4v) is 2.71. The molecule has 6 heteroatoms. The van der Waals surface area contributed by atoms with Crippen LogP contribution >= 0.6 is 0 Å². The zero-order chi connectivity index (χ0) is 11.5.